The Morgan fingerprint density at radius 3 is 2.71 bits per heavy atom. The Bertz CT molecular complexity index is 566. The first-order valence-electron chi connectivity index (χ1n) is 7.11. The molecule has 0 atom stereocenters. The topological polar surface area (TPSA) is 87.7 Å². The summed E-state index contributed by atoms with van der Waals surface area (Å²) in [5.74, 6) is 0.000354. The highest BCUT2D eigenvalue weighted by atomic mass is 79.9. The van der Waals surface area contributed by atoms with Crippen LogP contribution in [0.1, 0.15) is 44.6 Å². The van der Waals surface area contributed by atoms with Crippen LogP contribution in [0.2, 0.25) is 0 Å². The van der Waals surface area contributed by atoms with E-state index in [1.54, 1.807) is 12.1 Å². The van der Waals surface area contributed by atoms with Crippen molar-refractivity contribution in [3.05, 3.63) is 28.2 Å². The van der Waals surface area contributed by atoms with E-state index in [1.807, 2.05) is 6.07 Å². The maximum absolute atomic E-state index is 12.6. The number of halogens is 1. The van der Waals surface area contributed by atoms with Gasteiger partial charge in [0.1, 0.15) is 0 Å². The summed E-state index contributed by atoms with van der Waals surface area (Å²) in [5, 5.41) is 14.9. The van der Waals surface area contributed by atoms with Gasteiger partial charge in [-0.1, -0.05) is 40.9 Å². The van der Waals surface area contributed by atoms with Gasteiger partial charge in [0.25, 0.3) is 0 Å². The number of hydrogen-bond donors (Lipinski definition) is 3. The van der Waals surface area contributed by atoms with Crippen molar-refractivity contribution < 1.29 is 10.0 Å². The van der Waals surface area contributed by atoms with Crippen LogP contribution in [-0.2, 0) is 4.79 Å². The van der Waals surface area contributed by atoms with Crippen molar-refractivity contribution in [1.29, 1.82) is 0 Å². The van der Waals surface area contributed by atoms with Gasteiger partial charge in [-0.3, -0.25) is 4.79 Å². The second-order valence-corrected chi connectivity index (χ2v) is 6.39. The van der Waals surface area contributed by atoms with Gasteiger partial charge in [-0.25, -0.2) is 0 Å². The largest absolute Gasteiger partial charge is 0.409 e. The third kappa shape index (κ3) is 3.20. The van der Waals surface area contributed by atoms with Gasteiger partial charge in [0.2, 0.25) is 5.91 Å². The number of hydrogen-bond acceptors (Lipinski definition) is 3. The van der Waals surface area contributed by atoms with Crippen LogP contribution >= 0.6 is 15.9 Å². The Morgan fingerprint density at radius 1 is 1.48 bits per heavy atom. The lowest BCUT2D eigenvalue weighted by molar-refractivity contribution is -0.125. The van der Waals surface area contributed by atoms with Crippen molar-refractivity contribution in [3.8, 4) is 0 Å². The van der Waals surface area contributed by atoms with E-state index >= 15 is 0 Å². The zero-order chi connectivity index (χ0) is 15.5. The van der Waals surface area contributed by atoms with Crippen molar-refractivity contribution in [1.82, 2.24) is 0 Å². The molecule has 0 aromatic heterocycles. The van der Waals surface area contributed by atoms with Crippen molar-refractivity contribution >= 4 is 33.4 Å². The minimum atomic E-state index is -0.282. The molecule has 1 aliphatic rings. The smallest absolute Gasteiger partial charge is 0.230 e. The second-order valence-electron chi connectivity index (χ2n) is 5.47. The van der Waals surface area contributed by atoms with Gasteiger partial charge in [-0.15, -0.1) is 0 Å². The summed E-state index contributed by atoms with van der Waals surface area (Å²) in [5.41, 5.74) is 6.48. The maximum Gasteiger partial charge on any atom is 0.230 e. The summed E-state index contributed by atoms with van der Waals surface area (Å²) in [6, 6.07) is 5.29. The van der Waals surface area contributed by atoms with E-state index in [9.17, 15) is 4.79 Å². The van der Waals surface area contributed by atoms with E-state index in [-0.39, 0.29) is 17.2 Å². The van der Waals surface area contributed by atoms with Crippen molar-refractivity contribution in [2.45, 2.75) is 39.0 Å². The fourth-order valence-electron chi connectivity index (χ4n) is 2.94. The van der Waals surface area contributed by atoms with Gasteiger partial charge in [0.05, 0.1) is 5.69 Å². The number of benzene rings is 1. The van der Waals surface area contributed by atoms with Crippen molar-refractivity contribution in [2.75, 3.05) is 5.32 Å². The van der Waals surface area contributed by atoms with Gasteiger partial charge < -0.3 is 16.3 Å². The van der Waals surface area contributed by atoms with E-state index in [2.05, 4.69) is 33.3 Å². The molecule has 21 heavy (non-hydrogen) atoms. The molecule has 1 aromatic carbocycles. The quantitative estimate of drug-likeness (QED) is 0.335. The third-order valence-corrected chi connectivity index (χ3v) is 4.83. The molecule has 2 rings (SSSR count). The zero-order valence-electron chi connectivity index (χ0n) is 12.0. The Labute approximate surface area is 132 Å². The second kappa shape index (κ2) is 6.47. The Morgan fingerprint density at radius 2 is 2.14 bits per heavy atom. The van der Waals surface area contributed by atoms with Crippen LogP contribution in [-0.4, -0.2) is 17.0 Å². The van der Waals surface area contributed by atoms with Crippen LogP contribution in [0, 0.1) is 5.41 Å². The van der Waals surface area contributed by atoms with E-state index in [4.69, 9.17) is 10.9 Å². The molecule has 0 heterocycles. The average Bonchev–Trinajstić information content (AvgIpc) is 2.98. The summed E-state index contributed by atoms with van der Waals surface area (Å²) in [4.78, 5) is 12.6. The van der Waals surface area contributed by atoms with E-state index in [1.165, 1.54) is 0 Å². The van der Waals surface area contributed by atoms with E-state index < -0.39 is 0 Å². The first-order chi connectivity index (χ1) is 10.0. The average molecular weight is 354 g/mol. The highest BCUT2D eigenvalue weighted by Crippen LogP contribution is 2.42. The molecule has 1 aromatic rings. The molecule has 0 spiro atoms. The highest BCUT2D eigenvalue weighted by Gasteiger charge is 2.39. The summed E-state index contributed by atoms with van der Waals surface area (Å²) in [6.45, 7) is 2.05. The summed E-state index contributed by atoms with van der Waals surface area (Å²) in [6.07, 6.45) is 4.85. The lowest BCUT2D eigenvalue weighted by Gasteiger charge is -2.26. The molecule has 0 unspecified atom stereocenters. The minimum Gasteiger partial charge on any atom is -0.409 e. The fourth-order valence-corrected chi connectivity index (χ4v) is 3.30. The fraction of sp³-hybridized carbons (Fsp3) is 0.467. The van der Waals surface area contributed by atoms with Crippen LogP contribution < -0.4 is 11.1 Å². The van der Waals surface area contributed by atoms with Crippen LogP contribution in [0.5, 0.6) is 0 Å². The normalized spacial score (nSPS) is 17.7. The summed E-state index contributed by atoms with van der Waals surface area (Å²) >= 11 is 3.35. The first kappa shape index (κ1) is 15.8. The molecule has 1 aliphatic carbocycles. The third-order valence-electron chi connectivity index (χ3n) is 4.33. The number of oxime groups is 1. The molecular formula is C15H20BrN3O2. The number of anilines is 1. The number of rotatable bonds is 4. The molecule has 6 heteroatoms. The van der Waals surface area contributed by atoms with Crippen LogP contribution in [0.25, 0.3) is 0 Å². The highest BCUT2D eigenvalue weighted by molar-refractivity contribution is 9.10. The van der Waals surface area contributed by atoms with E-state index in [0.29, 0.717) is 11.3 Å². The molecule has 1 saturated carbocycles. The van der Waals surface area contributed by atoms with Gasteiger partial charge in [0.15, 0.2) is 5.84 Å². The maximum atomic E-state index is 12.6. The molecule has 5 nitrogen and oxygen atoms in total. The predicted molar refractivity (Wildman–Crippen MR) is 86.5 cm³/mol. The molecule has 4 N–H and O–H groups in total. The number of amides is 1. The molecule has 0 bridgehead atoms. The van der Waals surface area contributed by atoms with Gasteiger partial charge in [-0.05, 0) is 37.5 Å². The molecular weight excluding hydrogens is 334 g/mol. The van der Waals surface area contributed by atoms with Gasteiger partial charge in [-0.2, -0.15) is 0 Å². The number of nitrogens with one attached hydrogen (secondary N) is 1. The van der Waals surface area contributed by atoms with E-state index in [0.717, 1.165) is 36.6 Å². The Hall–Kier alpha value is -1.56. The SMILES string of the molecule is CCC1(C(=O)Nc2ccc(Br)cc2/C(N)=N/O)CCCC1. The number of nitrogens with two attached hydrogens (primary N) is 1. The van der Waals surface area contributed by atoms with Crippen LogP contribution in [0.3, 0.4) is 0 Å². The van der Waals surface area contributed by atoms with Gasteiger partial charge in [0, 0.05) is 15.5 Å². The van der Waals surface area contributed by atoms with Crippen LogP contribution in [0.15, 0.2) is 27.8 Å². The number of carbonyl (C=O) groups is 1. The lowest BCUT2D eigenvalue weighted by atomic mass is 9.82. The van der Waals surface area contributed by atoms with Crippen molar-refractivity contribution in [2.24, 2.45) is 16.3 Å². The lowest BCUT2D eigenvalue weighted by Crippen LogP contribution is -2.34. The zero-order valence-corrected chi connectivity index (χ0v) is 13.6. The summed E-state index contributed by atoms with van der Waals surface area (Å²) < 4.78 is 0.799. The number of nitrogens with zero attached hydrogens (tertiary/aromatic N) is 1. The Balaban J connectivity index is 2.29. The van der Waals surface area contributed by atoms with Gasteiger partial charge >= 0.3 is 0 Å². The molecule has 0 radical (unpaired) electrons. The predicted octanol–water partition coefficient (Wildman–Crippen LogP) is 3.45. The standard InChI is InChI=1S/C15H20BrN3O2/c1-2-15(7-3-4-8-15)14(20)18-12-6-5-10(16)9-11(12)13(17)19-21/h5-6,9,21H,2-4,7-8H2,1H3,(H2,17,19)(H,18,20). The monoisotopic (exact) mass is 353 g/mol. The number of carbonyl (C=O) groups excluding carboxylic acids is 1. The molecule has 1 fully saturated rings. The molecule has 114 valence electrons. The van der Waals surface area contributed by atoms with Crippen molar-refractivity contribution in [3.63, 3.8) is 0 Å². The molecule has 1 amide bonds. The molecule has 0 aliphatic heterocycles. The first-order valence-corrected chi connectivity index (χ1v) is 7.90. The minimum absolute atomic E-state index is 0.0245. The number of amidine groups is 1. The van der Waals surface area contributed by atoms with Crippen LogP contribution in [0.4, 0.5) is 5.69 Å². The summed E-state index contributed by atoms with van der Waals surface area (Å²) in [7, 11) is 0. The Kier molecular flexibility index (Phi) is 4.88. The molecule has 0 saturated heterocycles.